The van der Waals surface area contributed by atoms with Crippen molar-refractivity contribution in [2.24, 2.45) is 5.92 Å². The number of hydrogen-bond donors (Lipinski definition) is 1. The maximum atomic E-state index is 13.3. The van der Waals surface area contributed by atoms with Crippen molar-refractivity contribution in [2.75, 3.05) is 20.1 Å². The first-order chi connectivity index (χ1) is 14.2. The number of carbonyl (C=O) groups excluding carboxylic acids is 1. The van der Waals surface area contributed by atoms with E-state index in [1.165, 1.54) is 42.4 Å². The first-order valence-electron chi connectivity index (χ1n) is 11.3. The fourth-order valence-corrected chi connectivity index (χ4v) is 5.01. The SMILES string of the molecule is CNC1CCC(CCN2CCCc3ccc(Cc4ccccc4)cc3C2=O)CC1. The van der Waals surface area contributed by atoms with E-state index in [9.17, 15) is 4.79 Å². The smallest absolute Gasteiger partial charge is 0.254 e. The molecule has 3 nitrogen and oxygen atoms in total. The Labute approximate surface area is 175 Å². The van der Waals surface area contributed by atoms with E-state index in [1.54, 1.807) is 0 Å². The van der Waals surface area contributed by atoms with Gasteiger partial charge in [-0.15, -0.1) is 0 Å². The Balaban J connectivity index is 1.41. The average Bonchev–Trinajstić information content (AvgIpc) is 2.92. The third-order valence-electron chi connectivity index (χ3n) is 6.88. The summed E-state index contributed by atoms with van der Waals surface area (Å²) >= 11 is 0. The third kappa shape index (κ3) is 5.08. The second-order valence-corrected chi connectivity index (χ2v) is 8.84. The molecule has 1 heterocycles. The van der Waals surface area contributed by atoms with Gasteiger partial charge in [-0.2, -0.15) is 0 Å². The van der Waals surface area contributed by atoms with E-state index < -0.39 is 0 Å². The van der Waals surface area contributed by atoms with Gasteiger partial charge in [-0.1, -0.05) is 42.5 Å². The normalized spacial score (nSPS) is 22.2. The lowest BCUT2D eigenvalue weighted by Crippen LogP contribution is -2.35. The van der Waals surface area contributed by atoms with Crippen LogP contribution in [0.2, 0.25) is 0 Å². The summed E-state index contributed by atoms with van der Waals surface area (Å²) in [5.41, 5.74) is 4.69. The molecular formula is C26H34N2O. The summed E-state index contributed by atoms with van der Waals surface area (Å²) < 4.78 is 0. The van der Waals surface area contributed by atoms with Gasteiger partial charge < -0.3 is 10.2 Å². The van der Waals surface area contributed by atoms with Gasteiger partial charge in [0.05, 0.1) is 0 Å². The minimum atomic E-state index is 0.247. The Morgan fingerprint density at radius 3 is 2.55 bits per heavy atom. The van der Waals surface area contributed by atoms with E-state index >= 15 is 0 Å². The topological polar surface area (TPSA) is 32.3 Å². The van der Waals surface area contributed by atoms with Crippen molar-refractivity contribution < 1.29 is 4.79 Å². The minimum Gasteiger partial charge on any atom is -0.339 e. The highest BCUT2D eigenvalue weighted by Crippen LogP contribution is 2.28. The van der Waals surface area contributed by atoms with Gasteiger partial charge in [0.2, 0.25) is 0 Å². The Hall–Kier alpha value is -2.13. The number of nitrogens with zero attached hydrogens (tertiary/aromatic N) is 1. The average molecular weight is 391 g/mol. The first kappa shape index (κ1) is 20.2. The molecule has 0 radical (unpaired) electrons. The van der Waals surface area contributed by atoms with E-state index in [4.69, 9.17) is 0 Å². The van der Waals surface area contributed by atoms with Crippen LogP contribution < -0.4 is 5.32 Å². The first-order valence-corrected chi connectivity index (χ1v) is 11.3. The highest BCUT2D eigenvalue weighted by atomic mass is 16.2. The number of amides is 1. The second kappa shape index (κ2) is 9.58. The largest absolute Gasteiger partial charge is 0.339 e. The number of carbonyl (C=O) groups is 1. The van der Waals surface area contributed by atoms with Crippen LogP contribution >= 0.6 is 0 Å². The summed E-state index contributed by atoms with van der Waals surface area (Å²) in [6, 6.07) is 17.8. The van der Waals surface area contributed by atoms with E-state index in [2.05, 4.69) is 59.7 Å². The Bertz CT molecular complexity index is 809. The van der Waals surface area contributed by atoms with Crippen LogP contribution in [0.15, 0.2) is 48.5 Å². The maximum absolute atomic E-state index is 13.3. The molecule has 29 heavy (non-hydrogen) atoms. The number of nitrogens with one attached hydrogen (secondary N) is 1. The summed E-state index contributed by atoms with van der Waals surface area (Å²) in [6.07, 6.45) is 9.27. The van der Waals surface area contributed by atoms with Gasteiger partial charge in [0.25, 0.3) is 5.91 Å². The molecule has 0 spiro atoms. The van der Waals surface area contributed by atoms with Crippen molar-refractivity contribution in [2.45, 2.75) is 57.4 Å². The van der Waals surface area contributed by atoms with Gasteiger partial charge >= 0.3 is 0 Å². The molecule has 1 amide bonds. The van der Waals surface area contributed by atoms with Gasteiger partial charge in [-0.25, -0.2) is 0 Å². The van der Waals surface area contributed by atoms with Crippen molar-refractivity contribution in [3.05, 3.63) is 70.8 Å². The van der Waals surface area contributed by atoms with Crippen LogP contribution in [0, 0.1) is 5.92 Å². The van der Waals surface area contributed by atoms with E-state index in [-0.39, 0.29) is 5.91 Å². The summed E-state index contributed by atoms with van der Waals surface area (Å²) in [6.45, 7) is 1.81. The molecule has 0 saturated heterocycles. The second-order valence-electron chi connectivity index (χ2n) is 8.84. The van der Waals surface area contributed by atoms with Crippen molar-refractivity contribution in [3.63, 3.8) is 0 Å². The van der Waals surface area contributed by atoms with Crippen molar-refractivity contribution in [3.8, 4) is 0 Å². The molecular weight excluding hydrogens is 356 g/mol. The van der Waals surface area contributed by atoms with Crippen LogP contribution in [0.5, 0.6) is 0 Å². The lowest BCUT2D eigenvalue weighted by molar-refractivity contribution is 0.0746. The number of rotatable bonds is 6. The molecule has 2 aromatic carbocycles. The molecule has 1 N–H and O–H groups in total. The third-order valence-corrected chi connectivity index (χ3v) is 6.88. The molecule has 0 aromatic heterocycles. The zero-order chi connectivity index (χ0) is 20.1. The van der Waals surface area contributed by atoms with Crippen LogP contribution in [-0.2, 0) is 12.8 Å². The van der Waals surface area contributed by atoms with Gasteiger partial charge in [0.1, 0.15) is 0 Å². The summed E-state index contributed by atoms with van der Waals surface area (Å²) in [7, 11) is 2.07. The Morgan fingerprint density at radius 2 is 1.79 bits per heavy atom. The van der Waals surface area contributed by atoms with E-state index in [1.807, 2.05) is 6.07 Å². The predicted molar refractivity (Wildman–Crippen MR) is 119 cm³/mol. The number of benzene rings is 2. The standard InChI is InChI=1S/C26H34N2O/c1-27-24-13-10-20(11-14-24)15-17-28-16-5-8-23-12-9-22(19-25(23)26(28)29)18-21-6-3-2-4-7-21/h2-4,6-7,9,12,19-20,24,27H,5,8,10-11,13-18H2,1H3. The van der Waals surface area contributed by atoms with E-state index in [0.29, 0.717) is 6.04 Å². The molecule has 3 heteroatoms. The van der Waals surface area contributed by atoms with Gasteiger partial charge in [-0.3, -0.25) is 4.79 Å². The van der Waals surface area contributed by atoms with Gasteiger partial charge in [-0.05, 0) is 87.1 Å². The summed E-state index contributed by atoms with van der Waals surface area (Å²) in [5, 5.41) is 3.41. The molecule has 0 atom stereocenters. The number of aryl methyl sites for hydroxylation is 1. The van der Waals surface area contributed by atoms with Gasteiger partial charge in [0.15, 0.2) is 0 Å². The molecule has 2 aromatic rings. The fourth-order valence-electron chi connectivity index (χ4n) is 5.01. The molecule has 0 unspecified atom stereocenters. The van der Waals surface area contributed by atoms with Crippen molar-refractivity contribution >= 4 is 5.91 Å². The molecule has 2 aliphatic rings. The fraction of sp³-hybridized carbons (Fsp3) is 0.500. The van der Waals surface area contributed by atoms with E-state index in [0.717, 1.165) is 50.3 Å². The predicted octanol–water partition coefficient (Wildman–Crippen LogP) is 4.83. The molecule has 4 rings (SSSR count). The molecule has 1 saturated carbocycles. The Morgan fingerprint density at radius 1 is 1.00 bits per heavy atom. The highest BCUT2D eigenvalue weighted by Gasteiger charge is 2.25. The van der Waals surface area contributed by atoms with Crippen molar-refractivity contribution in [1.82, 2.24) is 10.2 Å². The minimum absolute atomic E-state index is 0.247. The monoisotopic (exact) mass is 390 g/mol. The van der Waals surface area contributed by atoms with Crippen LogP contribution in [0.1, 0.15) is 65.6 Å². The molecule has 0 bridgehead atoms. The molecule has 154 valence electrons. The lowest BCUT2D eigenvalue weighted by atomic mass is 9.84. The lowest BCUT2D eigenvalue weighted by Gasteiger charge is -2.30. The van der Waals surface area contributed by atoms with Crippen LogP contribution in [0.25, 0.3) is 0 Å². The number of fused-ring (bicyclic) bond motifs is 1. The highest BCUT2D eigenvalue weighted by molar-refractivity contribution is 5.96. The van der Waals surface area contributed by atoms with Crippen LogP contribution in [0.3, 0.4) is 0 Å². The summed E-state index contributed by atoms with van der Waals surface area (Å²) in [5.74, 6) is 1.02. The van der Waals surface area contributed by atoms with Crippen molar-refractivity contribution in [1.29, 1.82) is 0 Å². The molecule has 1 aliphatic carbocycles. The molecule has 1 fully saturated rings. The zero-order valence-electron chi connectivity index (χ0n) is 17.7. The van der Waals surface area contributed by atoms with Crippen LogP contribution in [-0.4, -0.2) is 37.0 Å². The zero-order valence-corrected chi connectivity index (χ0v) is 17.7. The number of hydrogen-bond acceptors (Lipinski definition) is 2. The molecule has 1 aliphatic heterocycles. The maximum Gasteiger partial charge on any atom is 0.254 e. The Kier molecular flexibility index (Phi) is 6.66. The quantitative estimate of drug-likeness (QED) is 0.766. The van der Waals surface area contributed by atoms with Gasteiger partial charge in [0, 0.05) is 24.7 Å². The van der Waals surface area contributed by atoms with Crippen LogP contribution in [0.4, 0.5) is 0 Å². The summed E-state index contributed by atoms with van der Waals surface area (Å²) in [4.78, 5) is 15.5.